The third-order valence-corrected chi connectivity index (χ3v) is 5.17. The molecule has 2 aromatic heterocycles. The van der Waals surface area contributed by atoms with E-state index in [2.05, 4.69) is 10.4 Å². The number of amides is 1. The van der Waals surface area contributed by atoms with Crippen LogP contribution >= 0.6 is 0 Å². The van der Waals surface area contributed by atoms with E-state index in [9.17, 15) is 14.4 Å². The van der Waals surface area contributed by atoms with Crippen molar-refractivity contribution in [1.29, 1.82) is 0 Å². The fraction of sp³-hybridized carbons (Fsp3) is 0.217. The minimum Gasteiger partial charge on any atom is -0.324 e. The van der Waals surface area contributed by atoms with Crippen molar-refractivity contribution in [3.63, 3.8) is 0 Å². The van der Waals surface area contributed by atoms with Crippen molar-refractivity contribution in [3.05, 3.63) is 92.8 Å². The van der Waals surface area contributed by atoms with Crippen LogP contribution in [0.25, 0.3) is 11.0 Å². The van der Waals surface area contributed by atoms with Crippen LogP contribution in [0.1, 0.15) is 18.1 Å². The van der Waals surface area contributed by atoms with Crippen LogP contribution < -0.4 is 16.6 Å². The molecule has 0 unspecified atom stereocenters. The van der Waals surface area contributed by atoms with Gasteiger partial charge in [0.15, 0.2) is 5.52 Å². The molecule has 0 radical (unpaired) electrons. The number of aryl methyl sites for hydroxylation is 2. The number of benzene rings is 2. The molecule has 4 aromatic rings. The number of carbonyl (C=O) groups excluding carboxylic acids is 1. The van der Waals surface area contributed by atoms with E-state index in [0.717, 1.165) is 15.7 Å². The van der Waals surface area contributed by atoms with E-state index in [4.69, 9.17) is 0 Å². The Morgan fingerprint density at radius 3 is 2.42 bits per heavy atom. The van der Waals surface area contributed by atoms with Gasteiger partial charge in [0.1, 0.15) is 6.54 Å². The van der Waals surface area contributed by atoms with Gasteiger partial charge in [-0.05, 0) is 31.0 Å². The zero-order valence-electron chi connectivity index (χ0n) is 17.4. The van der Waals surface area contributed by atoms with Crippen LogP contribution in [0.5, 0.6) is 0 Å². The summed E-state index contributed by atoms with van der Waals surface area (Å²) in [5.74, 6) is -0.355. The quantitative estimate of drug-likeness (QED) is 0.521. The number of hydrogen-bond donors (Lipinski definition) is 1. The summed E-state index contributed by atoms with van der Waals surface area (Å²) in [6.07, 6.45) is 1.63. The normalized spacial score (nSPS) is 11.0. The SMILES string of the molecule is CCn1cc2c(n1)c(=O)n(Cc1ccccc1)c(=O)n2CC(=O)Nc1ccccc1C. The molecule has 8 heteroatoms. The fourth-order valence-corrected chi connectivity index (χ4v) is 3.49. The van der Waals surface area contributed by atoms with Crippen LogP contribution in [0.4, 0.5) is 5.69 Å². The second-order valence-electron chi connectivity index (χ2n) is 7.33. The van der Waals surface area contributed by atoms with Gasteiger partial charge in [0.2, 0.25) is 5.91 Å². The van der Waals surface area contributed by atoms with E-state index in [1.165, 1.54) is 4.57 Å². The van der Waals surface area contributed by atoms with Gasteiger partial charge in [-0.1, -0.05) is 48.5 Å². The van der Waals surface area contributed by atoms with Crippen LogP contribution in [0.2, 0.25) is 0 Å². The Hall–Kier alpha value is -3.94. The van der Waals surface area contributed by atoms with E-state index in [0.29, 0.717) is 17.7 Å². The number of nitrogens with zero attached hydrogens (tertiary/aromatic N) is 4. The van der Waals surface area contributed by atoms with Gasteiger partial charge in [0.25, 0.3) is 5.56 Å². The second-order valence-corrected chi connectivity index (χ2v) is 7.33. The smallest absolute Gasteiger partial charge is 0.324 e. The molecule has 0 aliphatic rings. The van der Waals surface area contributed by atoms with Crippen molar-refractivity contribution < 1.29 is 4.79 Å². The Morgan fingerprint density at radius 1 is 1.00 bits per heavy atom. The molecule has 0 aliphatic heterocycles. The van der Waals surface area contributed by atoms with Gasteiger partial charge in [0, 0.05) is 18.4 Å². The predicted octanol–water partition coefficient (Wildman–Crippen LogP) is 2.38. The molecule has 0 saturated heterocycles. The van der Waals surface area contributed by atoms with Crippen LogP contribution in [-0.4, -0.2) is 24.8 Å². The summed E-state index contributed by atoms with van der Waals surface area (Å²) < 4.78 is 4.03. The van der Waals surface area contributed by atoms with Crippen LogP contribution in [0, 0.1) is 6.92 Å². The van der Waals surface area contributed by atoms with Gasteiger partial charge in [-0.25, -0.2) is 4.79 Å². The Kier molecular flexibility index (Phi) is 5.53. The van der Waals surface area contributed by atoms with Crippen molar-refractivity contribution in [1.82, 2.24) is 18.9 Å². The first-order valence-electron chi connectivity index (χ1n) is 10.1. The zero-order chi connectivity index (χ0) is 22.0. The average Bonchev–Trinajstić information content (AvgIpc) is 3.21. The van der Waals surface area contributed by atoms with Crippen molar-refractivity contribution in [2.24, 2.45) is 0 Å². The molecule has 0 atom stereocenters. The Bertz CT molecular complexity index is 1370. The largest absolute Gasteiger partial charge is 0.332 e. The molecule has 0 saturated carbocycles. The van der Waals surface area contributed by atoms with Crippen LogP contribution in [0.3, 0.4) is 0 Å². The summed E-state index contributed by atoms with van der Waals surface area (Å²) >= 11 is 0. The molecule has 1 N–H and O–H groups in total. The van der Waals surface area contributed by atoms with Gasteiger partial charge >= 0.3 is 5.69 Å². The summed E-state index contributed by atoms with van der Waals surface area (Å²) in [5, 5.41) is 7.17. The molecular formula is C23H23N5O3. The van der Waals surface area contributed by atoms with E-state index >= 15 is 0 Å². The number of fused-ring (bicyclic) bond motifs is 1. The number of anilines is 1. The van der Waals surface area contributed by atoms with E-state index in [-0.39, 0.29) is 24.5 Å². The summed E-state index contributed by atoms with van der Waals surface area (Å²) in [6.45, 7) is 4.20. The molecule has 0 spiro atoms. The summed E-state index contributed by atoms with van der Waals surface area (Å²) in [5.41, 5.74) is 1.91. The van der Waals surface area contributed by atoms with E-state index in [1.54, 1.807) is 16.9 Å². The molecule has 0 bridgehead atoms. The minimum absolute atomic E-state index is 0.104. The van der Waals surface area contributed by atoms with E-state index in [1.807, 2.05) is 62.4 Å². The number of rotatable bonds is 6. The Morgan fingerprint density at radius 2 is 1.71 bits per heavy atom. The highest BCUT2D eigenvalue weighted by atomic mass is 16.2. The van der Waals surface area contributed by atoms with Crippen LogP contribution in [-0.2, 0) is 24.4 Å². The maximum Gasteiger partial charge on any atom is 0.332 e. The Balaban J connectivity index is 1.78. The van der Waals surface area contributed by atoms with Crippen molar-refractivity contribution >= 4 is 22.6 Å². The number of aromatic nitrogens is 4. The highest BCUT2D eigenvalue weighted by Gasteiger charge is 2.19. The first-order chi connectivity index (χ1) is 15.0. The Labute approximate surface area is 178 Å². The highest BCUT2D eigenvalue weighted by molar-refractivity contribution is 5.92. The third kappa shape index (κ3) is 4.05. The van der Waals surface area contributed by atoms with Crippen LogP contribution in [0.15, 0.2) is 70.4 Å². The fourth-order valence-electron chi connectivity index (χ4n) is 3.49. The van der Waals surface area contributed by atoms with Gasteiger partial charge < -0.3 is 5.32 Å². The third-order valence-electron chi connectivity index (χ3n) is 5.17. The first-order valence-corrected chi connectivity index (χ1v) is 10.1. The highest BCUT2D eigenvalue weighted by Crippen LogP contribution is 2.14. The van der Waals surface area contributed by atoms with Gasteiger partial charge in [-0.3, -0.25) is 23.4 Å². The molecule has 158 valence electrons. The molecule has 31 heavy (non-hydrogen) atoms. The maximum absolute atomic E-state index is 13.3. The van der Waals surface area contributed by atoms with E-state index < -0.39 is 11.2 Å². The molecule has 1 amide bonds. The molecule has 0 aliphatic carbocycles. The minimum atomic E-state index is -0.545. The number of nitrogens with one attached hydrogen (secondary N) is 1. The zero-order valence-corrected chi connectivity index (χ0v) is 17.4. The maximum atomic E-state index is 13.3. The van der Waals surface area contributed by atoms with Gasteiger partial charge in [0.05, 0.1) is 12.1 Å². The number of para-hydroxylation sites is 1. The number of hydrogen-bond acceptors (Lipinski definition) is 4. The van der Waals surface area contributed by atoms with Gasteiger partial charge in [-0.2, -0.15) is 5.10 Å². The summed E-state index contributed by atoms with van der Waals surface area (Å²) in [4.78, 5) is 39.1. The molecule has 2 heterocycles. The van der Waals surface area contributed by atoms with Crippen molar-refractivity contribution in [2.45, 2.75) is 33.5 Å². The lowest BCUT2D eigenvalue weighted by Gasteiger charge is -2.13. The van der Waals surface area contributed by atoms with Gasteiger partial charge in [-0.15, -0.1) is 0 Å². The molecule has 2 aromatic carbocycles. The summed E-state index contributed by atoms with van der Waals surface area (Å²) in [6, 6.07) is 16.7. The van der Waals surface area contributed by atoms with Crippen molar-refractivity contribution in [3.8, 4) is 0 Å². The lowest BCUT2D eigenvalue weighted by atomic mass is 10.2. The number of carbonyl (C=O) groups is 1. The first kappa shape index (κ1) is 20.3. The standard InChI is InChI=1S/C23H23N5O3/c1-3-26-14-19-21(25-26)22(30)28(13-17-10-5-4-6-11-17)23(31)27(19)15-20(29)24-18-12-8-7-9-16(18)2/h4-12,14H,3,13,15H2,1-2H3,(H,24,29). The topological polar surface area (TPSA) is 90.9 Å². The predicted molar refractivity (Wildman–Crippen MR) is 119 cm³/mol. The molecule has 8 nitrogen and oxygen atoms in total. The lowest BCUT2D eigenvalue weighted by Crippen LogP contribution is -2.41. The molecule has 4 rings (SSSR count). The van der Waals surface area contributed by atoms with Crippen molar-refractivity contribution in [2.75, 3.05) is 5.32 Å². The monoisotopic (exact) mass is 417 g/mol. The molecule has 0 fully saturated rings. The average molecular weight is 417 g/mol. The second kappa shape index (κ2) is 8.43. The summed E-state index contributed by atoms with van der Waals surface area (Å²) in [7, 11) is 0. The molecular weight excluding hydrogens is 394 g/mol. The lowest BCUT2D eigenvalue weighted by molar-refractivity contribution is -0.116.